The Balaban J connectivity index is 1.98. The van der Waals surface area contributed by atoms with E-state index in [0.717, 1.165) is 15.9 Å². The number of fused-ring (bicyclic) bond motifs is 1. The van der Waals surface area contributed by atoms with Gasteiger partial charge < -0.3 is 0 Å². The second kappa shape index (κ2) is 5.90. The summed E-state index contributed by atoms with van der Waals surface area (Å²) in [5.74, 6) is -0.144. The maximum Gasteiger partial charge on any atom is 0.287 e. The number of aromatic nitrogens is 2. The molecule has 0 aliphatic heterocycles. The molecule has 0 aliphatic rings. The first kappa shape index (κ1) is 14.7. The standard InChI is InChI=1S/C16H17N3O2S/c1-11-13-9-14(15(20)18(2)21-3)22-16(13)19(17-11)10-12-7-5-4-6-8-12/h4-9H,10H2,1-3H3. The van der Waals surface area contributed by atoms with E-state index in [1.54, 1.807) is 7.05 Å². The number of carbonyl (C=O) groups excluding carboxylic acids is 1. The Morgan fingerprint density at radius 3 is 2.77 bits per heavy atom. The number of rotatable bonds is 4. The van der Waals surface area contributed by atoms with E-state index in [9.17, 15) is 4.79 Å². The molecule has 3 rings (SSSR count). The van der Waals surface area contributed by atoms with Gasteiger partial charge in [0.25, 0.3) is 5.91 Å². The molecular weight excluding hydrogens is 298 g/mol. The first-order chi connectivity index (χ1) is 10.6. The van der Waals surface area contributed by atoms with Gasteiger partial charge in [-0.1, -0.05) is 30.3 Å². The van der Waals surface area contributed by atoms with Crippen molar-refractivity contribution in [3.05, 3.63) is 52.5 Å². The monoisotopic (exact) mass is 315 g/mol. The molecule has 3 aromatic rings. The fourth-order valence-corrected chi connectivity index (χ4v) is 3.45. The van der Waals surface area contributed by atoms with E-state index in [0.29, 0.717) is 11.4 Å². The summed E-state index contributed by atoms with van der Waals surface area (Å²) >= 11 is 1.45. The number of thiophene rings is 1. The van der Waals surface area contributed by atoms with Crippen LogP contribution in [0.15, 0.2) is 36.4 Å². The van der Waals surface area contributed by atoms with Crippen LogP contribution in [0.25, 0.3) is 10.2 Å². The molecule has 6 heteroatoms. The van der Waals surface area contributed by atoms with Gasteiger partial charge in [-0.3, -0.25) is 14.3 Å². The van der Waals surface area contributed by atoms with E-state index in [1.165, 1.54) is 29.1 Å². The number of carbonyl (C=O) groups is 1. The minimum Gasteiger partial charge on any atom is -0.274 e. The molecule has 0 saturated carbocycles. The van der Waals surface area contributed by atoms with Crippen LogP contribution in [0.2, 0.25) is 0 Å². The molecule has 0 radical (unpaired) electrons. The van der Waals surface area contributed by atoms with Gasteiger partial charge in [-0.05, 0) is 18.6 Å². The summed E-state index contributed by atoms with van der Waals surface area (Å²) in [6.07, 6.45) is 0. The average Bonchev–Trinajstić information content (AvgIpc) is 3.09. The summed E-state index contributed by atoms with van der Waals surface area (Å²) in [5, 5.41) is 6.83. The summed E-state index contributed by atoms with van der Waals surface area (Å²) in [7, 11) is 3.09. The number of hydroxylamine groups is 2. The van der Waals surface area contributed by atoms with Crippen molar-refractivity contribution in [3.63, 3.8) is 0 Å². The van der Waals surface area contributed by atoms with Crippen molar-refractivity contribution >= 4 is 27.5 Å². The summed E-state index contributed by atoms with van der Waals surface area (Å²) in [6.45, 7) is 2.66. The highest BCUT2D eigenvalue weighted by Gasteiger charge is 2.19. The van der Waals surface area contributed by atoms with E-state index in [4.69, 9.17) is 4.84 Å². The lowest BCUT2D eigenvalue weighted by molar-refractivity contribution is -0.0753. The number of benzene rings is 1. The van der Waals surface area contributed by atoms with E-state index >= 15 is 0 Å². The van der Waals surface area contributed by atoms with E-state index in [2.05, 4.69) is 17.2 Å². The molecule has 1 aromatic carbocycles. The lowest BCUT2D eigenvalue weighted by Crippen LogP contribution is -2.24. The Bertz CT molecular complexity index is 808. The second-order valence-electron chi connectivity index (χ2n) is 5.04. The molecule has 0 unspecified atom stereocenters. The van der Waals surface area contributed by atoms with Crippen molar-refractivity contribution in [2.45, 2.75) is 13.5 Å². The largest absolute Gasteiger partial charge is 0.287 e. The highest BCUT2D eigenvalue weighted by atomic mass is 32.1. The zero-order valence-electron chi connectivity index (χ0n) is 12.7. The summed E-state index contributed by atoms with van der Waals surface area (Å²) in [6, 6.07) is 12.1. The molecule has 0 aliphatic carbocycles. The van der Waals surface area contributed by atoms with E-state index in [-0.39, 0.29) is 5.91 Å². The van der Waals surface area contributed by atoms with E-state index < -0.39 is 0 Å². The van der Waals surface area contributed by atoms with Crippen LogP contribution in [-0.2, 0) is 11.4 Å². The third-order valence-electron chi connectivity index (χ3n) is 3.55. The minimum absolute atomic E-state index is 0.144. The molecule has 5 nitrogen and oxygen atoms in total. The topological polar surface area (TPSA) is 47.4 Å². The maximum absolute atomic E-state index is 12.2. The van der Waals surface area contributed by atoms with Gasteiger partial charge >= 0.3 is 0 Å². The maximum atomic E-state index is 12.2. The molecule has 0 N–H and O–H groups in total. The van der Waals surface area contributed by atoms with Gasteiger partial charge in [0.05, 0.1) is 24.2 Å². The van der Waals surface area contributed by atoms with Crippen molar-refractivity contribution in [3.8, 4) is 0 Å². The molecule has 0 saturated heterocycles. The summed E-state index contributed by atoms with van der Waals surface area (Å²) in [4.78, 5) is 18.8. The van der Waals surface area contributed by atoms with Crippen LogP contribution in [-0.4, -0.2) is 34.9 Å². The van der Waals surface area contributed by atoms with Gasteiger partial charge in [0.2, 0.25) is 0 Å². The van der Waals surface area contributed by atoms with Gasteiger partial charge in [-0.15, -0.1) is 11.3 Å². The number of nitrogens with zero attached hydrogens (tertiary/aromatic N) is 3. The highest BCUT2D eigenvalue weighted by molar-refractivity contribution is 7.20. The van der Waals surface area contributed by atoms with Gasteiger partial charge in [0.15, 0.2) is 0 Å². The number of amides is 1. The summed E-state index contributed by atoms with van der Waals surface area (Å²) in [5.41, 5.74) is 2.11. The fraction of sp³-hybridized carbons (Fsp3) is 0.250. The van der Waals surface area contributed by atoms with Crippen LogP contribution in [0, 0.1) is 6.92 Å². The smallest absolute Gasteiger partial charge is 0.274 e. The Morgan fingerprint density at radius 1 is 1.36 bits per heavy atom. The Hall–Kier alpha value is -2.18. The number of hydrogen-bond donors (Lipinski definition) is 0. The molecule has 2 heterocycles. The van der Waals surface area contributed by atoms with Crippen LogP contribution in [0.3, 0.4) is 0 Å². The second-order valence-corrected chi connectivity index (χ2v) is 6.07. The van der Waals surface area contributed by atoms with Gasteiger partial charge in [-0.2, -0.15) is 5.10 Å². The molecule has 22 heavy (non-hydrogen) atoms. The first-order valence-electron chi connectivity index (χ1n) is 6.93. The van der Waals surface area contributed by atoms with Crippen LogP contribution in [0.1, 0.15) is 20.9 Å². The van der Waals surface area contributed by atoms with Gasteiger partial charge in [0, 0.05) is 12.4 Å². The van der Waals surface area contributed by atoms with Gasteiger partial charge in [0.1, 0.15) is 4.83 Å². The van der Waals surface area contributed by atoms with Crippen LogP contribution >= 0.6 is 11.3 Å². The predicted molar refractivity (Wildman–Crippen MR) is 87.0 cm³/mol. The molecule has 114 valence electrons. The van der Waals surface area contributed by atoms with Crippen molar-refractivity contribution in [2.24, 2.45) is 0 Å². The molecule has 0 spiro atoms. The van der Waals surface area contributed by atoms with Crippen LogP contribution < -0.4 is 0 Å². The van der Waals surface area contributed by atoms with Crippen LogP contribution in [0.4, 0.5) is 0 Å². The first-order valence-corrected chi connectivity index (χ1v) is 7.75. The zero-order chi connectivity index (χ0) is 15.7. The number of aryl methyl sites for hydroxylation is 1. The summed E-state index contributed by atoms with van der Waals surface area (Å²) < 4.78 is 1.95. The van der Waals surface area contributed by atoms with Gasteiger partial charge in [-0.25, -0.2) is 5.06 Å². The third-order valence-corrected chi connectivity index (χ3v) is 4.69. The fourth-order valence-electron chi connectivity index (χ4n) is 2.32. The SMILES string of the molecule is CON(C)C(=O)c1cc2c(C)nn(Cc3ccccc3)c2s1. The molecule has 0 bridgehead atoms. The molecular formula is C16H17N3O2S. The molecule has 0 fully saturated rings. The average molecular weight is 315 g/mol. The quantitative estimate of drug-likeness (QED) is 0.695. The normalized spacial score (nSPS) is 11.0. The molecule has 2 aromatic heterocycles. The molecule has 0 atom stereocenters. The molecule has 1 amide bonds. The predicted octanol–water partition coefficient (Wildman–Crippen LogP) is 3.09. The highest BCUT2D eigenvalue weighted by Crippen LogP contribution is 2.29. The zero-order valence-corrected chi connectivity index (χ0v) is 13.6. The lowest BCUT2D eigenvalue weighted by atomic mass is 10.2. The van der Waals surface area contributed by atoms with Crippen molar-refractivity contribution < 1.29 is 9.63 Å². The van der Waals surface area contributed by atoms with Crippen molar-refractivity contribution in [2.75, 3.05) is 14.2 Å². The van der Waals surface area contributed by atoms with Crippen molar-refractivity contribution in [1.29, 1.82) is 0 Å². The van der Waals surface area contributed by atoms with E-state index in [1.807, 2.05) is 35.9 Å². The van der Waals surface area contributed by atoms with Crippen molar-refractivity contribution in [1.82, 2.24) is 14.8 Å². The number of hydrogen-bond acceptors (Lipinski definition) is 4. The Labute approximate surface area is 132 Å². The lowest BCUT2D eigenvalue weighted by Gasteiger charge is -2.11. The third kappa shape index (κ3) is 2.63. The Kier molecular flexibility index (Phi) is 3.96. The minimum atomic E-state index is -0.144. The Morgan fingerprint density at radius 2 is 2.09 bits per heavy atom. The van der Waals surface area contributed by atoms with Crippen LogP contribution in [0.5, 0.6) is 0 Å².